The molecule has 126 valence electrons. The first-order valence-electron chi connectivity index (χ1n) is 7.61. The molecule has 0 radical (unpaired) electrons. The van der Waals surface area contributed by atoms with Gasteiger partial charge < -0.3 is 24.8 Å². The Balaban J connectivity index is 0.000000486. The Morgan fingerprint density at radius 1 is 1.19 bits per heavy atom. The maximum Gasteiger partial charge on any atom is 0.506 e. The Labute approximate surface area is 127 Å². The lowest BCUT2D eigenvalue weighted by Gasteiger charge is -2.35. The largest absolute Gasteiger partial charge is 0.506 e. The summed E-state index contributed by atoms with van der Waals surface area (Å²) in [5.74, 6) is 1.50. The molecule has 21 heavy (non-hydrogen) atoms. The first kappa shape index (κ1) is 20.1. The van der Waals surface area contributed by atoms with Gasteiger partial charge in [0.25, 0.3) is 0 Å². The summed E-state index contributed by atoms with van der Waals surface area (Å²) in [5, 5.41) is 24.8. The van der Waals surface area contributed by atoms with Crippen LogP contribution in [0.25, 0.3) is 0 Å². The standard InChI is InChI=1S/C11H20O3.C4H10O3/c1-7(2)9-5-4-8(3)6-10(9)14-11(12)13;5-1-3-7-4-2-6/h7-10H,4-6H2,1-3H3,(H,12,13);5-6H,1-4H2. The zero-order valence-corrected chi connectivity index (χ0v) is 13.3. The Kier molecular flexibility index (Phi) is 11.3. The smallest absolute Gasteiger partial charge is 0.450 e. The topological polar surface area (TPSA) is 96.2 Å². The molecule has 0 heterocycles. The fourth-order valence-corrected chi connectivity index (χ4v) is 2.61. The summed E-state index contributed by atoms with van der Waals surface area (Å²) in [7, 11) is 0. The summed E-state index contributed by atoms with van der Waals surface area (Å²) in [5.41, 5.74) is 0. The van der Waals surface area contributed by atoms with Crippen LogP contribution in [-0.4, -0.2) is 54.0 Å². The minimum atomic E-state index is -1.13. The van der Waals surface area contributed by atoms with E-state index in [0.29, 0.717) is 31.0 Å². The number of hydrogen-bond donors (Lipinski definition) is 3. The van der Waals surface area contributed by atoms with Gasteiger partial charge in [0.15, 0.2) is 0 Å². The van der Waals surface area contributed by atoms with E-state index in [1.807, 2.05) is 0 Å². The molecule has 3 atom stereocenters. The van der Waals surface area contributed by atoms with E-state index in [-0.39, 0.29) is 19.3 Å². The summed E-state index contributed by atoms with van der Waals surface area (Å²) >= 11 is 0. The van der Waals surface area contributed by atoms with Crippen LogP contribution in [0.3, 0.4) is 0 Å². The summed E-state index contributed by atoms with van der Waals surface area (Å²) in [4.78, 5) is 10.5. The number of aliphatic hydroxyl groups excluding tert-OH is 2. The second kappa shape index (κ2) is 11.8. The minimum Gasteiger partial charge on any atom is -0.450 e. The van der Waals surface area contributed by atoms with Crippen LogP contribution in [0, 0.1) is 17.8 Å². The van der Waals surface area contributed by atoms with E-state index in [2.05, 4.69) is 25.5 Å². The van der Waals surface area contributed by atoms with E-state index in [4.69, 9.17) is 20.1 Å². The van der Waals surface area contributed by atoms with Crippen molar-refractivity contribution in [2.45, 2.75) is 46.1 Å². The van der Waals surface area contributed by atoms with Crippen LogP contribution in [0.2, 0.25) is 0 Å². The third kappa shape index (κ3) is 9.66. The van der Waals surface area contributed by atoms with Crippen molar-refractivity contribution < 1.29 is 29.6 Å². The summed E-state index contributed by atoms with van der Waals surface area (Å²) in [6, 6.07) is 0. The number of aliphatic hydroxyl groups is 2. The molecule has 0 amide bonds. The van der Waals surface area contributed by atoms with Gasteiger partial charge in [0.2, 0.25) is 0 Å². The molecule has 1 saturated carbocycles. The predicted octanol–water partition coefficient (Wildman–Crippen LogP) is 2.13. The van der Waals surface area contributed by atoms with Crippen LogP contribution in [0.5, 0.6) is 0 Å². The highest BCUT2D eigenvalue weighted by Crippen LogP contribution is 2.35. The fourth-order valence-electron chi connectivity index (χ4n) is 2.61. The lowest BCUT2D eigenvalue weighted by atomic mass is 9.75. The van der Waals surface area contributed by atoms with Crippen molar-refractivity contribution in [2.24, 2.45) is 17.8 Å². The molecule has 6 nitrogen and oxygen atoms in total. The summed E-state index contributed by atoms with van der Waals surface area (Å²) in [6.07, 6.45) is 1.96. The van der Waals surface area contributed by atoms with E-state index < -0.39 is 6.16 Å². The summed E-state index contributed by atoms with van der Waals surface area (Å²) in [6.45, 7) is 7.13. The number of carboxylic acid groups (broad SMARTS) is 1. The van der Waals surface area contributed by atoms with E-state index in [0.717, 1.165) is 12.8 Å². The number of ether oxygens (including phenoxy) is 2. The Morgan fingerprint density at radius 2 is 1.76 bits per heavy atom. The molecule has 3 N–H and O–H groups in total. The molecule has 0 aromatic carbocycles. The third-order valence-electron chi connectivity index (χ3n) is 3.68. The van der Waals surface area contributed by atoms with Gasteiger partial charge in [-0.05, 0) is 30.6 Å². The van der Waals surface area contributed by atoms with E-state index >= 15 is 0 Å². The van der Waals surface area contributed by atoms with E-state index in [1.165, 1.54) is 6.42 Å². The van der Waals surface area contributed by atoms with Gasteiger partial charge >= 0.3 is 6.16 Å². The van der Waals surface area contributed by atoms with E-state index in [1.54, 1.807) is 0 Å². The average molecular weight is 306 g/mol. The lowest BCUT2D eigenvalue weighted by Crippen LogP contribution is -2.35. The highest BCUT2D eigenvalue weighted by Gasteiger charge is 2.33. The van der Waals surface area contributed by atoms with Crippen LogP contribution in [0.15, 0.2) is 0 Å². The molecule has 1 aliphatic rings. The molecule has 1 rings (SSSR count). The van der Waals surface area contributed by atoms with E-state index in [9.17, 15) is 4.79 Å². The van der Waals surface area contributed by atoms with Gasteiger partial charge in [-0.1, -0.05) is 27.2 Å². The minimum absolute atomic E-state index is 0.0278. The third-order valence-corrected chi connectivity index (χ3v) is 3.68. The first-order valence-corrected chi connectivity index (χ1v) is 7.61. The van der Waals surface area contributed by atoms with Crippen LogP contribution >= 0.6 is 0 Å². The molecule has 0 aromatic heterocycles. The quantitative estimate of drug-likeness (QED) is 0.514. The zero-order chi connectivity index (χ0) is 16.3. The lowest BCUT2D eigenvalue weighted by molar-refractivity contribution is -0.0175. The second-order valence-electron chi connectivity index (χ2n) is 5.81. The molecule has 1 aliphatic carbocycles. The molecule has 0 aromatic rings. The average Bonchev–Trinajstić information content (AvgIpc) is 2.39. The van der Waals surface area contributed by atoms with Gasteiger partial charge in [-0.2, -0.15) is 0 Å². The highest BCUT2D eigenvalue weighted by atomic mass is 16.7. The first-order chi connectivity index (χ1) is 9.92. The van der Waals surface area contributed by atoms with Crippen molar-refractivity contribution in [3.05, 3.63) is 0 Å². The number of carbonyl (C=O) groups is 1. The van der Waals surface area contributed by atoms with Crippen molar-refractivity contribution >= 4 is 6.16 Å². The van der Waals surface area contributed by atoms with Gasteiger partial charge in [0, 0.05) is 0 Å². The number of rotatable bonds is 6. The molecular formula is C15H30O6. The molecule has 1 fully saturated rings. The molecule has 0 spiro atoms. The number of hydrogen-bond acceptors (Lipinski definition) is 5. The molecule has 3 unspecified atom stereocenters. The van der Waals surface area contributed by atoms with Gasteiger partial charge in [0.1, 0.15) is 6.10 Å². The molecular weight excluding hydrogens is 276 g/mol. The molecule has 6 heteroatoms. The highest BCUT2D eigenvalue weighted by molar-refractivity contribution is 5.57. The van der Waals surface area contributed by atoms with Crippen LogP contribution in [0.4, 0.5) is 4.79 Å². The maximum absolute atomic E-state index is 10.5. The van der Waals surface area contributed by atoms with Crippen LogP contribution < -0.4 is 0 Å². The SMILES string of the molecule is CC1CCC(C(C)C)C(OC(=O)O)C1.OCCOCCO. The zero-order valence-electron chi connectivity index (χ0n) is 13.3. The Bertz CT molecular complexity index is 265. The molecule has 0 saturated heterocycles. The van der Waals surface area contributed by atoms with Crippen molar-refractivity contribution in [1.82, 2.24) is 0 Å². The van der Waals surface area contributed by atoms with Gasteiger partial charge in [0.05, 0.1) is 26.4 Å². The monoisotopic (exact) mass is 306 g/mol. The maximum atomic E-state index is 10.5. The van der Waals surface area contributed by atoms with Crippen molar-refractivity contribution in [1.29, 1.82) is 0 Å². The van der Waals surface area contributed by atoms with Crippen molar-refractivity contribution in [3.63, 3.8) is 0 Å². The second-order valence-corrected chi connectivity index (χ2v) is 5.81. The van der Waals surface area contributed by atoms with Crippen molar-refractivity contribution in [2.75, 3.05) is 26.4 Å². The molecule has 0 aliphatic heterocycles. The Morgan fingerprint density at radius 3 is 2.19 bits per heavy atom. The van der Waals surface area contributed by atoms with Gasteiger partial charge in [-0.3, -0.25) is 0 Å². The fraction of sp³-hybridized carbons (Fsp3) is 0.933. The van der Waals surface area contributed by atoms with Gasteiger partial charge in [-0.15, -0.1) is 0 Å². The Hall–Kier alpha value is -0.850. The van der Waals surface area contributed by atoms with Crippen LogP contribution in [0.1, 0.15) is 40.0 Å². The van der Waals surface area contributed by atoms with Crippen LogP contribution in [-0.2, 0) is 9.47 Å². The predicted molar refractivity (Wildman–Crippen MR) is 79.2 cm³/mol. The summed E-state index contributed by atoms with van der Waals surface area (Å²) < 4.78 is 9.58. The molecule has 0 bridgehead atoms. The normalized spacial score (nSPS) is 25.1. The van der Waals surface area contributed by atoms with Gasteiger partial charge in [-0.25, -0.2) is 4.79 Å². The van der Waals surface area contributed by atoms with Crippen molar-refractivity contribution in [3.8, 4) is 0 Å².